The average Bonchev–Trinajstić information content (AvgIpc) is 3.10. The second-order valence-electron chi connectivity index (χ2n) is 7.98. The van der Waals surface area contributed by atoms with Crippen LogP contribution in [0.5, 0.6) is 11.5 Å². The smallest absolute Gasteiger partial charge is 0.295 e. The summed E-state index contributed by atoms with van der Waals surface area (Å²) >= 11 is 0. The first-order valence-electron chi connectivity index (χ1n) is 11.9. The average molecular weight is 467 g/mol. The quantitative estimate of drug-likeness (QED) is 0.303. The molecule has 7 heteroatoms. The van der Waals surface area contributed by atoms with Gasteiger partial charge < -0.3 is 24.4 Å². The summed E-state index contributed by atoms with van der Waals surface area (Å²) in [6, 6.07) is 13.5. The fourth-order valence-electron chi connectivity index (χ4n) is 4.19. The molecule has 1 fully saturated rings. The van der Waals surface area contributed by atoms with Crippen LogP contribution in [0.2, 0.25) is 0 Å². The molecule has 0 radical (unpaired) electrons. The lowest BCUT2D eigenvalue weighted by Gasteiger charge is -2.28. The van der Waals surface area contributed by atoms with Crippen LogP contribution in [0.3, 0.4) is 0 Å². The number of carbonyl (C=O) groups is 2. The molecule has 1 N–H and O–H groups in total. The monoisotopic (exact) mass is 466 g/mol. The third-order valence-corrected chi connectivity index (χ3v) is 6.04. The maximum Gasteiger partial charge on any atom is 0.295 e. The number of ether oxygens (including phenoxy) is 2. The number of nitrogens with zero attached hydrogens (tertiary/aromatic N) is 2. The Hall–Kier alpha value is -3.32. The lowest BCUT2D eigenvalue weighted by molar-refractivity contribution is -0.140. The van der Waals surface area contributed by atoms with E-state index in [9.17, 15) is 14.7 Å². The Morgan fingerprint density at radius 1 is 0.882 bits per heavy atom. The Balaban J connectivity index is 2.04. The van der Waals surface area contributed by atoms with Crippen LogP contribution in [-0.2, 0) is 9.59 Å². The Bertz CT molecular complexity index is 1010. The van der Waals surface area contributed by atoms with Crippen LogP contribution < -0.4 is 9.47 Å². The Morgan fingerprint density at radius 3 is 1.91 bits per heavy atom. The minimum Gasteiger partial charge on any atom is -0.507 e. The highest BCUT2D eigenvalue weighted by Gasteiger charge is 2.45. The molecule has 1 heterocycles. The van der Waals surface area contributed by atoms with Crippen molar-refractivity contribution in [1.82, 2.24) is 9.80 Å². The highest BCUT2D eigenvalue weighted by Crippen LogP contribution is 2.39. The number of likely N-dealkylation sites (tertiary alicyclic amines) is 1. The van der Waals surface area contributed by atoms with Crippen molar-refractivity contribution >= 4 is 17.4 Å². The van der Waals surface area contributed by atoms with Gasteiger partial charge >= 0.3 is 0 Å². The number of carbonyl (C=O) groups excluding carboxylic acids is 2. The van der Waals surface area contributed by atoms with E-state index >= 15 is 0 Å². The first kappa shape index (κ1) is 25.3. The molecule has 2 aromatic rings. The molecule has 7 nitrogen and oxygen atoms in total. The largest absolute Gasteiger partial charge is 0.507 e. The minimum atomic E-state index is -0.683. The van der Waals surface area contributed by atoms with Crippen molar-refractivity contribution in [1.29, 1.82) is 0 Å². The first-order chi connectivity index (χ1) is 16.4. The van der Waals surface area contributed by atoms with Crippen LogP contribution in [0.15, 0.2) is 54.1 Å². The molecule has 0 unspecified atom stereocenters. The van der Waals surface area contributed by atoms with Gasteiger partial charge in [0.1, 0.15) is 17.3 Å². The van der Waals surface area contributed by atoms with E-state index in [2.05, 4.69) is 18.7 Å². The summed E-state index contributed by atoms with van der Waals surface area (Å²) in [5.74, 6) is -0.0893. The van der Waals surface area contributed by atoms with Gasteiger partial charge in [-0.3, -0.25) is 9.59 Å². The van der Waals surface area contributed by atoms with Gasteiger partial charge in [-0.15, -0.1) is 0 Å². The lowest BCUT2D eigenvalue weighted by atomic mass is 9.95. The highest BCUT2D eigenvalue weighted by molar-refractivity contribution is 6.46. The van der Waals surface area contributed by atoms with E-state index in [4.69, 9.17) is 9.47 Å². The molecule has 0 bridgehead atoms. The number of Topliss-reactive ketones (excluding diaryl/α,β-unsaturated/α-hetero) is 1. The molecule has 0 spiro atoms. The van der Waals surface area contributed by atoms with E-state index in [0.29, 0.717) is 43.4 Å². The number of aliphatic hydroxyl groups excluding tert-OH is 1. The summed E-state index contributed by atoms with van der Waals surface area (Å²) in [6.45, 7) is 11.7. The maximum atomic E-state index is 13.2. The van der Waals surface area contributed by atoms with E-state index in [1.807, 2.05) is 38.1 Å². The zero-order valence-electron chi connectivity index (χ0n) is 20.4. The number of hydrogen-bond acceptors (Lipinski definition) is 6. The van der Waals surface area contributed by atoms with Crippen LogP contribution in [0.25, 0.3) is 5.76 Å². The normalized spacial score (nSPS) is 17.4. The van der Waals surface area contributed by atoms with Crippen LogP contribution in [-0.4, -0.2) is 66.0 Å². The van der Waals surface area contributed by atoms with Crippen molar-refractivity contribution in [2.45, 2.75) is 33.7 Å². The summed E-state index contributed by atoms with van der Waals surface area (Å²) in [4.78, 5) is 30.0. The molecule has 1 aliphatic rings. The van der Waals surface area contributed by atoms with E-state index in [0.717, 1.165) is 18.7 Å². The van der Waals surface area contributed by atoms with Gasteiger partial charge in [-0.2, -0.15) is 0 Å². The Morgan fingerprint density at radius 2 is 1.41 bits per heavy atom. The zero-order valence-corrected chi connectivity index (χ0v) is 20.4. The van der Waals surface area contributed by atoms with Crippen molar-refractivity contribution in [3.63, 3.8) is 0 Å². The van der Waals surface area contributed by atoms with Gasteiger partial charge in [-0.1, -0.05) is 26.0 Å². The molecular formula is C27H34N2O5. The van der Waals surface area contributed by atoms with Crippen molar-refractivity contribution < 1.29 is 24.2 Å². The number of aliphatic hydroxyl groups is 1. The molecule has 0 aromatic heterocycles. The maximum absolute atomic E-state index is 13.2. The summed E-state index contributed by atoms with van der Waals surface area (Å²) in [6.07, 6.45) is 0. The molecule has 1 amide bonds. The summed E-state index contributed by atoms with van der Waals surface area (Å²) < 4.78 is 11.0. The van der Waals surface area contributed by atoms with E-state index < -0.39 is 17.7 Å². The third kappa shape index (κ3) is 5.42. The van der Waals surface area contributed by atoms with Crippen molar-refractivity contribution in [2.75, 3.05) is 39.4 Å². The molecule has 1 aliphatic heterocycles. The molecule has 1 atom stereocenters. The predicted molar refractivity (Wildman–Crippen MR) is 132 cm³/mol. The van der Waals surface area contributed by atoms with Crippen LogP contribution >= 0.6 is 0 Å². The van der Waals surface area contributed by atoms with Crippen LogP contribution in [0, 0.1) is 0 Å². The molecule has 2 aromatic carbocycles. The molecule has 34 heavy (non-hydrogen) atoms. The van der Waals surface area contributed by atoms with Gasteiger partial charge in [0.25, 0.3) is 11.7 Å². The number of amides is 1. The first-order valence-corrected chi connectivity index (χ1v) is 11.9. The van der Waals surface area contributed by atoms with E-state index in [1.54, 1.807) is 29.2 Å². The molecular weight excluding hydrogens is 432 g/mol. The minimum absolute atomic E-state index is 0.0952. The highest BCUT2D eigenvalue weighted by atomic mass is 16.5. The number of rotatable bonds is 11. The fourth-order valence-corrected chi connectivity index (χ4v) is 4.19. The van der Waals surface area contributed by atoms with Crippen molar-refractivity contribution in [3.8, 4) is 11.5 Å². The van der Waals surface area contributed by atoms with E-state index in [-0.39, 0.29) is 11.3 Å². The number of likely N-dealkylation sites (N-methyl/N-ethyl adjacent to an activating group) is 1. The fraction of sp³-hybridized carbons (Fsp3) is 0.407. The second kappa shape index (κ2) is 11.7. The predicted octanol–water partition coefficient (Wildman–Crippen LogP) is 4.25. The van der Waals surface area contributed by atoms with Crippen LogP contribution in [0.1, 0.15) is 44.9 Å². The Labute approximate surface area is 201 Å². The van der Waals surface area contributed by atoms with Gasteiger partial charge in [0.15, 0.2) is 0 Å². The van der Waals surface area contributed by atoms with Crippen molar-refractivity contribution in [3.05, 3.63) is 65.2 Å². The van der Waals surface area contributed by atoms with Gasteiger partial charge in [0.05, 0.1) is 24.8 Å². The van der Waals surface area contributed by atoms with Gasteiger partial charge in [-0.05, 0) is 68.9 Å². The molecule has 0 aliphatic carbocycles. The standard InChI is InChI=1S/C27H34N2O5/c1-5-28(6-2)17-18-29-24(19-9-13-21(14-10-19)33-7-3)23(26(31)27(29)32)25(30)20-11-15-22(16-12-20)34-8-4/h9-16,24,30H,5-8,17-18H2,1-4H3/b25-23+/t24-/m1/s1. The SMILES string of the molecule is CCOc1ccc(/C(O)=C2\C(=O)C(=O)N(CCN(CC)CC)[C@@H]2c2ccc(OCC)cc2)cc1. The number of ketones is 1. The number of benzene rings is 2. The van der Waals surface area contributed by atoms with E-state index in [1.165, 1.54) is 0 Å². The van der Waals surface area contributed by atoms with Gasteiger partial charge in [0.2, 0.25) is 0 Å². The third-order valence-electron chi connectivity index (χ3n) is 6.04. The number of hydrogen-bond donors (Lipinski definition) is 1. The van der Waals surface area contributed by atoms with Crippen molar-refractivity contribution in [2.24, 2.45) is 0 Å². The van der Waals surface area contributed by atoms with Gasteiger partial charge in [-0.25, -0.2) is 0 Å². The second-order valence-corrected chi connectivity index (χ2v) is 7.98. The lowest BCUT2D eigenvalue weighted by Crippen LogP contribution is -2.38. The molecule has 1 saturated heterocycles. The summed E-state index contributed by atoms with van der Waals surface area (Å²) in [5.41, 5.74) is 1.30. The topological polar surface area (TPSA) is 79.3 Å². The molecule has 0 saturated carbocycles. The summed E-state index contributed by atoms with van der Waals surface area (Å²) in [7, 11) is 0. The Kier molecular flexibility index (Phi) is 8.71. The van der Waals surface area contributed by atoms with Gasteiger partial charge in [0, 0.05) is 18.7 Å². The zero-order chi connectivity index (χ0) is 24.7. The van der Waals surface area contributed by atoms with Crippen LogP contribution in [0.4, 0.5) is 0 Å². The molecule has 3 rings (SSSR count). The summed E-state index contributed by atoms with van der Waals surface area (Å²) in [5, 5.41) is 11.2. The molecule has 182 valence electrons.